The van der Waals surface area contributed by atoms with E-state index < -0.39 is 0 Å². The topological polar surface area (TPSA) is 74.2 Å². The van der Waals surface area contributed by atoms with Crippen molar-refractivity contribution in [3.63, 3.8) is 0 Å². The fraction of sp³-hybridized carbons (Fsp3) is 0.733. The number of hydrogen-bond donors (Lipinski definition) is 3. The summed E-state index contributed by atoms with van der Waals surface area (Å²) >= 11 is 1.57. The normalized spacial score (nSPS) is 25.3. The van der Waals surface area contributed by atoms with Gasteiger partial charge in [0.05, 0.1) is 18.8 Å². The molecule has 5 nitrogen and oxygen atoms in total. The summed E-state index contributed by atoms with van der Waals surface area (Å²) in [6.45, 7) is 6.80. The fourth-order valence-corrected chi connectivity index (χ4v) is 3.60. The molecule has 1 aliphatic carbocycles. The predicted molar refractivity (Wildman–Crippen MR) is 84.4 cm³/mol. The number of carbonyl (C=O) groups excluding carboxylic acids is 1. The van der Waals surface area contributed by atoms with Crippen molar-refractivity contribution in [1.82, 2.24) is 15.6 Å². The van der Waals surface area contributed by atoms with Gasteiger partial charge in [0.2, 0.25) is 0 Å². The minimum Gasteiger partial charge on any atom is -0.396 e. The van der Waals surface area contributed by atoms with Crippen molar-refractivity contribution >= 4 is 17.4 Å². The summed E-state index contributed by atoms with van der Waals surface area (Å²) in [6.07, 6.45) is 2.93. The van der Waals surface area contributed by atoms with Gasteiger partial charge in [0.25, 0.3) is 0 Å². The van der Waals surface area contributed by atoms with Gasteiger partial charge < -0.3 is 15.7 Å². The lowest BCUT2D eigenvalue weighted by Gasteiger charge is -2.30. The molecule has 1 aromatic rings. The van der Waals surface area contributed by atoms with Gasteiger partial charge in [-0.1, -0.05) is 27.2 Å². The van der Waals surface area contributed by atoms with Crippen molar-refractivity contribution in [1.29, 1.82) is 0 Å². The molecule has 0 radical (unpaired) electrons. The molecule has 0 aromatic carbocycles. The molecule has 1 aliphatic rings. The maximum absolute atomic E-state index is 12.0. The number of rotatable bonds is 5. The van der Waals surface area contributed by atoms with Crippen LogP contribution in [0, 0.1) is 5.41 Å². The highest BCUT2D eigenvalue weighted by molar-refractivity contribution is 7.09. The van der Waals surface area contributed by atoms with E-state index in [0.717, 1.165) is 30.0 Å². The maximum atomic E-state index is 12.0. The standard InChI is InChI=1S/C15H25N3O2S/c1-10(2)11-8-21-13(17-11)7-16-14(20)18-12-5-4-6-15(12,3)9-19/h8,10,12,19H,4-7,9H2,1-3H3,(H2,16,18,20). The van der Waals surface area contributed by atoms with Gasteiger partial charge >= 0.3 is 6.03 Å². The van der Waals surface area contributed by atoms with Gasteiger partial charge in [-0.15, -0.1) is 11.3 Å². The summed E-state index contributed by atoms with van der Waals surface area (Å²) in [5, 5.41) is 18.3. The van der Waals surface area contributed by atoms with E-state index >= 15 is 0 Å². The third-order valence-corrected chi connectivity index (χ3v) is 5.18. The van der Waals surface area contributed by atoms with Gasteiger partial charge in [0.15, 0.2) is 0 Å². The molecule has 1 fully saturated rings. The Hall–Kier alpha value is -1.14. The maximum Gasteiger partial charge on any atom is 0.315 e. The molecule has 1 heterocycles. The number of amides is 2. The fourth-order valence-electron chi connectivity index (χ4n) is 2.71. The molecule has 3 N–H and O–H groups in total. The van der Waals surface area contributed by atoms with Crippen LogP contribution in [0.3, 0.4) is 0 Å². The Kier molecular flexibility index (Phi) is 5.22. The van der Waals surface area contributed by atoms with Crippen LogP contribution in [0.15, 0.2) is 5.38 Å². The minimum absolute atomic E-state index is 0.0463. The zero-order valence-corrected chi connectivity index (χ0v) is 13.8. The van der Waals surface area contributed by atoms with Gasteiger partial charge in [0.1, 0.15) is 5.01 Å². The Labute approximate surface area is 130 Å². The lowest BCUT2D eigenvalue weighted by atomic mass is 9.86. The number of hydrogen-bond acceptors (Lipinski definition) is 4. The van der Waals surface area contributed by atoms with Gasteiger partial charge in [0, 0.05) is 16.8 Å². The number of carbonyl (C=O) groups is 1. The molecule has 1 aromatic heterocycles. The third-order valence-electron chi connectivity index (χ3n) is 4.31. The molecule has 6 heteroatoms. The quantitative estimate of drug-likeness (QED) is 0.782. The minimum atomic E-state index is -0.191. The van der Waals surface area contributed by atoms with Crippen LogP contribution in [0.5, 0.6) is 0 Å². The first-order chi connectivity index (χ1) is 9.94. The second-order valence-corrected chi connectivity index (χ2v) is 7.35. The van der Waals surface area contributed by atoms with Crippen LogP contribution >= 0.6 is 11.3 Å². The van der Waals surface area contributed by atoms with Gasteiger partial charge in [-0.3, -0.25) is 0 Å². The van der Waals surface area contributed by atoms with Crippen molar-refractivity contribution < 1.29 is 9.90 Å². The highest BCUT2D eigenvalue weighted by Crippen LogP contribution is 2.37. The van der Waals surface area contributed by atoms with Crippen molar-refractivity contribution in [2.45, 2.75) is 58.5 Å². The Balaban J connectivity index is 1.82. The number of nitrogens with one attached hydrogen (secondary N) is 2. The van der Waals surface area contributed by atoms with Crippen LogP contribution in [0.25, 0.3) is 0 Å². The van der Waals surface area contributed by atoms with Gasteiger partial charge in [-0.2, -0.15) is 0 Å². The van der Waals surface area contributed by atoms with Crippen LogP contribution in [-0.4, -0.2) is 28.8 Å². The number of aliphatic hydroxyl groups excluding tert-OH is 1. The summed E-state index contributed by atoms with van der Waals surface area (Å²) < 4.78 is 0. The van der Waals surface area contributed by atoms with E-state index in [4.69, 9.17) is 0 Å². The zero-order chi connectivity index (χ0) is 15.5. The first-order valence-electron chi connectivity index (χ1n) is 7.54. The Bertz CT molecular complexity index is 489. The van der Waals surface area contributed by atoms with Crippen LogP contribution < -0.4 is 10.6 Å². The van der Waals surface area contributed by atoms with Crippen molar-refractivity contribution in [3.8, 4) is 0 Å². The number of nitrogens with zero attached hydrogens (tertiary/aromatic N) is 1. The Morgan fingerprint density at radius 3 is 3.00 bits per heavy atom. The van der Waals surface area contributed by atoms with Crippen molar-refractivity contribution in [2.75, 3.05) is 6.61 Å². The number of aliphatic hydroxyl groups is 1. The number of thiazole rings is 1. The van der Waals surface area contributed by atoms with E-state index in [0.29, 0.717) is 12.5 Å². The van der Waals surface area contributed by atoms with E-state index in [-0.39, 0.29) is 24.1 Å². The third kappa shape index (κ3) is 3.95. The molecular weight excluding hydrogens is 286 g/mol. The average molecular weight is 311 g/mol. The first-order valence-corrected chi connectivity index (χ1v) is 8.42. The molecule has 2 unspecified atom stereocenters. The zero-order valence-electron chi connectivity index (χ0n) is 13.0. The summed E-state index contributed by atoms with van der Waals surface area (Å²) in [7, 11) is 0. The van der Waals surface area contributed by atoms with Crippen molar-refractivity contribution in [2.24, 2.45) is 5.41 Å². The lowest BCUT2D eigenvalue weighted by Crippen LogP contribution is -2.48. The molecule has 118 valence electrons. The van der Waals surface area contributed by atoms with E-state index in [1.165, 1.54) is 0 Å². The van der Waals surface area contributed by atoms with Crippen LogP contribution in [0.2, 0.25) is 0 Å². The monoisotopic (exact) mass is 311 g/mol. The van der Waals surface area contributed by atoms with E-state index in [9.17, 15) is 9.90 Å². The Morgan fingerprint density at radius 1 is 1.62 bits per heavy atom. The van der Waals surface area contributed by atoms with Crippen LogP contribution in [-0.2, 0) is 6.54 Å². The molecule has 21 heavy (non-hydrogen) atoms. The second-order valence-electron chi connectivity index (χ2n) is 6.40. The highest BCUT2D eigenvalue weighted by atomic mass is 32.1. The molecule has 2 rings (SSSR count). The summed E-state index contributed by atoms with van der Waals surface area (Å²) in [6, 6.07) is -0.132. The molecule has 0 aliphatic heterocycles. The predicted octanol–water partition coefficient (Wildman–Crippen LogP) is 2.62. The van der Waals surface area contributed by atoms with E-state index in [1.54, 1.807) is 11.3 Å². The second kappa shape index (κ2) is 6.75. The van der Waals surface area contributed by atoms with Gasteiger partial charge in [-0.25, -0.2) is 9.78 Å². The molecule has 0 bridgehead atoms. The summed E-state index contributed by atoms with van der Waals surface area (Å²) in [5.74, 6) is 0.410. The summed E-state index contributed by atoms with van der Waals surface area (Å²) in [4.78, 5) is 16.5. The first kappa shape index (κ1) is 16.2. The average Bonchev–Trinajstić information content (AvgIpc) is 3.05. The van der Waals surface area contributed by atoms with Crippen LogP contribution in [0.1, 0.15) is 56.7 Å². The molecule has 1 saturated carbocycles. The van der Waals surface area contributed by atoms with Crippen LogP contribution in [0.4, 0.5) is 4.79 Å². The van der Waals surface area contributed by atoms with E-state index in [2.05, 4.69) is 29.5 Å². The lowest BCUT2D eigenvalue weighted by molar-refractivity contribution is 0.121. The smallest absolute Gasteiger partial charge is 0.315 e. The molecular formula is C15H25N3O2S. The van der Waals surface area contributed by atoms with E-state index in [1.807, 2.05) is 12.3 Å². The molecule has 0 spiro atoms. The molecule has 2 atom stereocenters. The number of urea groups is 1. The summed E-state index contributed by atoms with van der Waals surface area (Å²) in [5.41, 5.74) is 0.879. The highest BCUT2D eigenvalue weighted by Gasteiger charge is 2.39. The Morgan fingerprint density at radius 2 is 2.38 bits per heavy atom. The molecule has 2 amide bonds. The SMILES string of the molecule is CC(C)c1csc(CNC(=O)NC2CCCC2(C)CO)n1. The number of aromatic nitrogens is 1. The molecule has 0 saturated heterocycles. The largest absolute Gasteiger partial charge is 0.396 e. The van der Waals surface area contributed by atoms with Gasteiger partial charge in [-0.05, 0) is 18.8 Å². The van der Waals surface area contributed by atoms with Crippen molar-refractivity contribution in [3.05, 3.63) is 16.1 Å².